The second kappa shape index (κ2) is 3.65. The second-order valence-corrected chi connectivity index (χ2v) is 6.19. The molecule has 10 heteroatoms. The third-order valence-electron chi connectivity index (χ3n) is 3.02. The van der Waals surface area contributed by atoms with Gasteiger partial charge in [-0.15, -0.1) is 5.01 Å². The maximum atomic E-state index is 11.4. The topological polar surface area (TPSA) is 99.6 Å². The van der Waals surface area contributed by atoms with Gasteiger partial charge in [0.15, 0.2) is 0 Å². The van der Waals surface area contributed by atoms with Crippen LogP contribution in [0, 0.1) is 0 Å². The molecule has 0 atom stereocenters. The zero-order valence-corrected chi connectivity index (χ0v) is 10.5. The van der Waals surface area contributed by atoms with Crippen molar-refractivity contribution in [3.05, 3.63) is 5.69 Å². The van der Waals surface area contributed by atoms with E-state index >= 15 is 0 Å². The predicted molar refractivity (Wildman–Crippen MR) is 59.0 cm³/mol. The summed E-state index contributed by atoms with van der Waals surface area (Å²) in [5, 5.41) is 7.99. The van der Waals surface area contributed by atoms with Gasteiger partial charge in [0, 0.05) is 13.1 Å². The number of hydrogen-bond acceptors (Lipinski definition) is 6. The van der Waals surface area contributed by atoms with Gasteiger partial charge < -0.3 is 0 Å². The van der Waals surface area contributed by atoms with Gasteiger partial charge in [0.1, 0.15) is 0 Å². The van der Waals surface area contributed by atoms with Crippen molar-refractivity contribution >= 4 is 21.8 Å². The Labute approximate surface area is 103 Å². The number of rotatable bonds is 2. The van der Waals surface area contributed by atoms with Crippen LogP contribution in [0.4, 0.5) is 5.88 Å². The summed E-state index contributed by atoms with van der Waals surface area (Å²) in [5.74, 6) is 0.113. The SMILES string of the molecule is CS(=O)(=O)N1CCN([n+]2noc3c2C(=O)N3)CC1. The van der Waals surface area contributed by atoms with Gasteiger partial charge in [-0.05, 0) is 0 Å². The van der Waals surface area contributed by atoms with Crippen LogP contribution >= 0.6 is 0 Å². The number of amides is 1. The Hall–Kier alpha value is -1.68. The minimum atomic E-state index is -3.16. The van der Waals surface area contributed by atoms with E-state index < -0.39 is 10.0 Å². The molecule has 98 valence electrons. The van der Waals surface area contributed by atoms with Crippen LogP contribution in [0.3, 0.4) is 0 Å². The monoisotopic (exact) mass is 274 g/mol. The number of anilines is 1. The molecule has 0 unspecified atom stereocenters. The molecule has 0 aliphatic carbocycles. The van der Waals surface area contributed by atoms with E-state index in [2.05, 4.69) is 10.6 Å². The third kappa shape index (κ3) is 1.64. The molecule has 0 saturated carbocycles. The molecule has 1 N–H and O–H groups in total. The number of nitrogens with one attached hydrogen (secondary N) is 1. The Bertz CT molecular complexity index is 601. The van der Waals surface area contributed by atoms with E-state index in [1.807, 2.05) is 0 Å². The third-order valence-corrected chi connectivity index (χ3v) is 4.32. The van der Waals surface area contributed by atoms with E-state index in [4.69, 9.17) is 4.52 Å². The Balaban J connectivity index is 1.75. The Morgan fingerprint density at radius 1 is 1.33 bits per heavy atom. The molecule has 9 nitrogen and oxygen atoms in total. The molecule has 1 saturated heterocycles. The highest BCUT2D eigenvalue weighted by atomic mass is 32.2. The van der Waals surface area contributed by atoms with Crippen molar-refractivity contribution in [2.24, 2.45) is 0 Å². The van der Waals surface area contributed by atoms with Crippen molar-refractivity contribution in [1.29, 1.82) is 0 Å². The molecule has 1 aromatic rings. The summed E-state index contributed by atoms with van der Waals surface area (Å²) in [7, 11) is -3.16. The van der Waals surface area contributed by atoms with Crippen LogP contribution in [-0.2, 0) is 10.0 Å². The van der Waals surface area contributed by atoms with Crippen LogP contribution in [0.25, 0.3) is 0 Å². The summed E-state index contributed by atoms with van der Waals surface area (Å²) in [4.78, 5) is 12.7. The van der Waals surface area contributed by atoms with Crippen molar-refractivity contribution < 1.29 is 22.5 Å². The number of carbonyl (C=O) groups excluding carboxylic acids is 1. The molecule has 3 heterocycles. The van der Waals surface area contributed by atoms with Crippen molar-refractivity contribution in [2.45, 2.75) is 0 Å². The fraction of sp³-hybridized carbons (Fsp3) is 0.625. The average Bonchev–Trinajstić information content (AvgIpc) is 2.65. The lowest BCUT2D eigenvalue weighted by molar-refractivity contribution is -0.760. The van der Waals surface area contributed by atoms with Crippen LogP contribution in [0.2, 0.25) is 0 Å². The first-order chi connectivity index (χ1) is 8.47. The minimum absolute atomic E-state index is 0.239. The standard InChI is InChI=1S/C8H11N5O4S/c1-18(15,16)12-4-2-11(3-5-12)13-6-7(14)9-8(6)17-10-13/h2-5H2,1H3/p+1. The summed E-state index contributed by atoms with van der Waals surface area (Å²) in [6.07, 6.45) is 1.19. The smallest absolute Gasteiger partial charge is 0.279 e. The molecule has 0 aromatic carbocycles. The molecule has 1 aromatic heterocycles. The highest BCUT2D eigenvalue weighted by molar-refractivity contribution is 7.88. The fourth-order valence-corrected chi connectivity index (χ4v) is 2.85. The number of nitrogens with zero attached hydrogens (tertiary/aromatic N) is 4. The van der Waals surface area contributed by atoms with Crippen LogP contribution in [0.15, 0.2) is 4.52 Å². The maximum absolute atomic E-state index is 11.4. The van der Waals surface area contributed by atoms with Gasteiger partial charge in [-0.25, -0.2) is 8.42 Å². The Morgan fingerprint density at radius 3 is 2.56 bits per heavy atom. The van der Waals surface area contributed by atoms with Gasteiger partial charge in [-0.1, -0.05) is 0 Å². The van der Waals surface area contributed by atoms with Crippen molar-refractivity contribution in [2.75, 3.05) is 42.8 Å². The van der Waals surface area contributed by atoms with Gasteiger partial charge in [-0.3, -0.25) is 14.6 Å². The van der Waals surface area contributed by atoms with Crippen molar-refractivity contribution in [3.63, 3.8) is 0 Å². The highest BCUT2D eigenvalue weighted by Gasteiger charge is 2.45. The lowest BCUT2D eigenvalue weighted by atomic mass is 10.3. The molecule has 3 rings (SSSR count). The van der Waals surface area contributed by atoms with Crippen LogP contribution in [0.1, 0.15) is 10.5 Å². The summed E-state index contributed by atoms with van der Waals surface area (Å²) in [6, 6.07) is 0. The summed E-state index contributed by atoms with van der Waals surface area (Å²) in [6.45, 7) is 1.66. The van der Waals surface area contributed by atoms with Crippen LogP contribution in [0.5, 0.6) is 0 Å². The van der Waals surface area contributed by atoms with Crippen molar-refractivity contribution in [3.8, 4) is 0 Å². The van der Waals surface area contributed by atoms with Gasteiger partial charge in [0.05, 0.1) is 24.1 Å². The molecule has 2 aliphatic heterocycles. The summed E-state index contributed by atoms with van der Waals surface area (Å²) < 4.78 is 29.0. The number of fused-ring (bicyclic) bond motifs is 1. The highest BCUT2D eigenvalue weighted by Crippen LogP contribution is 2.20. The number of aromatic nitrogens is 2. The average molecular weight is 274 g/mol. The molecular weight excluding hydrogens is 262 g/mol. The van der Waals surface area contributed by atoms with Crippen LogP contribution < -0.4 is 15.1 Å². The van der Waals surface area contributed by atoms with E-state index in [1.165, 1.54) is 15.4 Å². The number of piperazine rings is 1. The summed E-state index contributed by atoms with van der Waals surface area (Å²) in [5.41, 5.74) is 0.378. The summed E-state index contributed by atoms with van der Waals surface area (Å²) >= 11 is 0. The lowest BCUT2D eigenvalue weighted by Gasteiger charge is -2.28. The quantitative estimate of drug-likeness (QED) is 0.611. The molecular formula is C8H12N5O4S+. The van der Waals surface area contributed by atoms with E-state index in [9.17, 15) is 13.2 Å². The van der Waals surface area contributed by atoms with Gasteiger partial charge in [-0.2, -0.15) is 4.31 Å². The Morgan fingerprint density at radius 2 is 2.00 bits per heavy atom. The fourth-order valence-electron chi connectivity index (χ4n) is 2.02. The molecule has 0 bridgehead atoms. The first-order valence-electron chi connectivity index (χ1n) is 5.40. The molecule has 0 radical (unpaired) electrons. The molecule has 1 amide bonds. The zero-order valence-electron chi connectivity index (χ0n) is 9.66. The van der Waals surface area contributed by atoms with Crippen molar-refractivity contribution in [1.82, 2.24) is 9.58 Å². The first-order valence-corrected chi connectivity index (χ1v) is 7.25. The zero-order chi connectivity index (χ0) is 12.9. The molecule has 18 heavy (non-hydrogen) atoms. The van der Waals surface area contributed by atoms with E-state index in [0.717, 1.165) is 0 Å². The minimum Gasteiger partial charge on any atom is -0.279 e. The number of carbonyl (C=O) groups is 1. The number of hydrogen-bond donors (Lipinski definition) is 1. The first kappa shape index (κ1) is 11.4. The Kier molecular flexibility index (Phi) is 2.32. The van der Waals surface area contributed by atoms with E-state index in [0.29, 0.717) is 37.8 Å². The van der Waals surface area contributed by atoms with Gasteiger partial charge >= 0.3 is 17.5 Å². The van der Waals surface area contributed by atoms with Gasteiger partial charge in [0.25, 0.3) is 0 Å². The van der Waals surface area contributed by atoms with Crippen LogP contribution in [-0.4, -0.2) is 56.3 Å². The van der Waals surface area contributed by atoms with E-state index in [1.54, 1.807) is 5.01 Å². The second-order valence-electron chi connectivity index (χ2n) is 4.21. The molecule has 0 spiro atoms. The number of sulfonamides is 1. The molecule has 2 aliphatic rings. The largest absolute Gasteiger partial charge is 0.396 e. The maximum Gasteiger partial charge on any atom is 0.396 e. The van der Waals surface area contributed by atoms with Gasteiger partial charge in [0.2, 0.25) is 15.3 Å². The van der Waals surface area contributed by atoms with E-state index in [-0.39, 0.29) is 5.91 Å². The predicted octanol–water partition coefficient (Wildman–Crippen LogP) is -2.26. The normalized spacial score (nSPS) is 20.3. The lowest BCUT2D eigenvalue weighted by Crippen LogP contribution is -2.68. The molecule has 1 fully saturated rings.